The summed E-state index contributed by atoms with van der Waals surface area (Å²) in [6.45, 7) is 14.9. The predicted molar refractivity (Wildman–Crippen MR) is 140 cm³/mol. The van der Waals surface area contributed by atoms with E-state index < -0.39 is 7.92 Å². The standard InChI is InChI=1S/C29H32NOP/c1-19-12-20(2)15-24(14-19)32(25-16-21(3)13-22(4)17-25)27-18-23-10-8-9-11-26(23)28(30-27)31-29(5,6)7/h8-18H,1-7H3. The van der Waals surface area contributed by atoms with Crippen LogP contribution in [0.3, 0.4) is 0 Å². The van der Waals surface area contributed by atoms with Crippen molar-refractivity contribution in [3.05, 3.63) is 89.0 Å². The number of nitrogens with zero attached hydrogens (tertiary/aromatic N) is 1. The lowest BCUT2D eigenvalue weighted by Gasteiger charge is -2.25. The van der Waals surface area contributed by atoms with Crippen LogP contribution >= 0.6 is 7.92 Å². The van der Waals surface area contributed by atoms with E-state index in [-0.39, 0.29) is 5.60 Å². The fraction of sp³-hybridized carbons (Fsp3) is 0.276. The Bertz CT molecular complexity index is 1190. The maximum absolute atomic E-state index is 6.37. The van der Waals surface area contributed by atoms with E-state index in [4.69, 9.17) is 9.72 Å². The molecule has 0 aliphatic heterocycles. The van der Waals surface area contributed by atoms with E-state index in [1.54, 1.807) is 0 Å². The molecule has 0 aliphatic carbocycles. The molecule has 0 atom stereocenters. The van der Waals surface area contributed by atoms with Crippen molar-refractivity contribution in [1.82, 2.24) is 4.98 Å². The number of hydrogen-bond acceptors (Lipinski definition) is 2. The molecule has 164 valence electrons. The van der Waals surface area contributed by atoms with Gasteiger partial charge in [-0.1, -0.05) is 76.9 Å². The van der Waals surface area contributed by atoms with Crippen molar-refractivity contribution in [2.45, 2.75) is 54.1 Å². The Kier molecular flexibility index (Phi) is 6.10. The van der Waals surface area contributed by atoms with E-state index in [1.807, 2.05) is 0 Å². The molecule has 4 aromatic rings. The largest absolute Gasteiger partial charge is 0.471 e. The summed E-state index contributed by atoms with van der Waals surface area (Å²) in [4.78, 5) is 5.16. The predicted octanol–water partition coefficient (Wildman–Crippen LogP) is 6.40. The molecule has 32 heavy (non-hydrogen) atoms. The van der Waals surface area contributed by atoms with Crippen molar-refractivity contribution < 1.29 is 4.74 Å². The Balaban J connectivity index is 2.01. The Morgan fingerprint density at radius 3 is 1.69 bits per heavy atom. The van der Waals surface area contributed by atoms with Crippen molar-refractivity contribution >= 4 is 34.7 Å². The quantitative estimate of drug-likeness (QED) is 0.342. The first-order valence-corrected chi connectivity index (χ1v) is 12.5. The summed E-state index contributed by atoms with van der Waals surface area (Å²) in [6.07, 6.45) is 0. The first-order valence-electron chi connectivity index (χ1n) is 11.1. The highest BCUT2D eigenvalue weighted by atomic mass is 31.1. The van der Waals surface area contributed by atoms with E-state index in [2.05, 4.69) is 115 Å². The summed E-state index contributed by atoms with van der Waals surface area (Å²) in [6, 6.07) is 24.4. The minimum atomic E-state index is -0.833. The van der Waals surface area contributed by atoms with Crippen molar-refractivity contribution in [1.29, 1.82) is 0 Å². The topological polar surface area (TPSA) is 22.1 Å². The summed E-state index contributed by atoms with van der Waals surface area (Å²) in [7, 11) is -0.833. The monoisotopic (exact) mass is 441 g/mol. The lowest BCUT2D eigenvalue weighted by molar-refractivity contribution is 0.127. The summed E-state index contributed by atoms with van der Waals surface area (Å²) in [5, 5.41) is 4.87. The molecule has 0 unspecified atom stereocenters. The van der Waals surface area contributed by atoms with Crippen LogP contribution in [0.2, 0.25) is 0 Å². The number of rotatable bonds is 4. The molecule has 3 aromatic carbocycles. The Hall–Kier alpha value is -2.70. The highest BCUT2D eigenvalue weighted by molar-refractivity contribution is 7.79. The smallest absolute Gasteiger partial charge is 0.222 e. The van der Waals surface area contributed by atoms with E-state index >= 15 is 0 Å². The van der Waals surface area contributed by atoms with Crippen LogP contribution in [-0.4, -0.2) is 10.6 Å². The summed E-state index contributed by atoms with van der Waals surface area (Å²) in [5.41, 5.74) is 5.88. The summed E-state index contributed by atoms with van der Waals surface area (Å²) < 4.78 is 6.37. The first kappa shape index (κ1) is 22.5. The molecule has 0 aliphatic rings. The van der Waals surface area contributed by atoms with Gasteiger partial charge in [0, 0.05) is 13.3 Å². The van der Waals surface area contributed by atoms with Gasteiger partial charge in [-0.3, -0.25) is 0 Å². The molecule has 0 saturated heterocycles. The van der Waals surface area contributed by atoms with Crippen LogP contribution in [0.15, 0.2) is 66.7 Å². The molecule has 0 radical (unpaired) electrons. The second-order valence-electron chi connectivity index (χ2n) is 9.75. The number of aryl methyl sites for hydroxylation is 4. The van der Waals surface area contributed by atoms with Gasteiger partial charge in [-0.05, 0) is 76.6 Å². The van der Waals surface area contributed by atoms with Crippen LogP contribution in [0.25, 0.3) is 10.8 Å². The molecule has 0 amide bonds. The van der Waals surface area contributed by atoms with Crippen LogP contribution in [0.1, 0.15) is 43.0 Å². The van der Waals surface area contributed by atoms with Crippen molar-refractivity contribution in [3.63, 3.8) is 0 Å². The van der Waals surface area contributed by atoms with Crippen LogP contribution in [0, 0.1) is 27.7 Å². The molecule has 3 heteroatoms. The van der Waals surface area contributed by atoms with Crippen molar-refractivity contribution in [2.75, 3.05) is 0 Å². The van der Waals surface area contributed by atoms with E-state index in [0.29, 0.717) is 5.88 Å². The zero-order valence-corrected chi connectivity index (χ0v) is 21.0. The van der Waals surface area contributed by atoms with Gasteiger partial charge >= 0.3 is 0 Å². The third-order valence-corrected chi connectivity index (χ3v) is 7.49. The van der Waals surface area contributed by atoms with Crippen molar-refractivity contribution in [2.24, 2.45) is 0 Å². The number of hydrogen-bond donors (Lipinski definition) is 0. The van der Waals surface area contributed by atoms with Gasteiger partial charge in [-0.2, -0.15) is 0 Å². The highest BCUT2D eigenvalue weighted by Gasteiger charge is 2.23. The van der Waals surface area contributed by atoms with E-state index in [1.165, 1.54) is 32.9 Å². The number of aromatic nitrogens is 1. The lowest BCUT2D eigenvalue weighted by atomic mass is 10.1. The summed E-state index contributed by atoms with van der Waals surface area (Å²) >= 11 is 0. The first-order chi connectivity index (χ1) is 15.1. The Morgan fingerprint density at radius 1 is 0.688 bits per heavy atom. The molecule has 0 saturated carbocycles. The second-order valence-corrected chi connectivity index (χ2v) is 11.9. The van der Waals surface area contributed by atoms with Gasteiger partial charge in [0.2, 0.25) is 5.88 Å². The molecule has 0 spiro atoms. The van der Waals surface area contributed by atoms with Crippen LogP contribution < -0.4 is 20.8 Å². The van der Waals surface area contributed by atoms with Gasteiger partial charge in [0.1, 0.15) is 5.60 Å². The number of pyridine rings is 1. The molecular formula is C29H32NOP. The van der Waals surface area contributed by atoms with Crippen LogP contribution in [0.4, 0.5) is 0 Å². The third kappa shape index (κ3) is 5.03. The second kappa shape index (κ2) is 8.68. The normalized spacial score (nSPS) is 11.9. The van der Waals surface area contributed by atoms with Crippen LogP contribution in [0.5, 0.6) is 5.88 Å². The molecule has 2 nitrogen and oxygen atoms in total. The highest BCUT2D eigenvalue weighted by Crippen LogP contribution is 2.36. The Morgan fingerprint density at radius 2 is 1.19 bits per heavy atom. The Labute approximate surface area is 193 Å². The number of fused-ring (bicyclic) bond motifs is 1. The maximum Gasteiger partial charge on any atom is 0.222 e. The van der Waals surface area contributed by atoms with Gasteiger partial charge in [-0.25, -0.2) is 4.98 Å². The van der Waals surface area contributed by atoms with E-state index in [9.17, 15) is 0 Å². The molecule has 4 rings (SSSR count). The number of ether oxygens (including phenoxy) is 1. The molecule has 0 N–H and O–H groups in total. The van der Waals surface area contributed by atoms with Gasteiger partial charge in [0.15, 0.2) is 0 Å². The third-order valence-electron chi connectivity index (χ3n) is 5.25. The SMILES string of the molecule is Cc1cc(C)cc(P(c2cc(C)cc(C)c2)c2cc3ccccc3c(OC(C)(C)C)n2)c1. The van der Waals surface area contributed by atoms with Crippen LogP contribution in [-0.2, 0) is 0 Å². The fourth-order valence-corrected chi connectivity index (χ4v) is 6.83. The summed E-state index contributed by atoms with van der Waals surface area (Å²) in [5.74, 6) is 0.715. The molecular weight excluding hydrogens is 409 g/mol. The minimum absolute atomic E-state index is 0.322. The maximum atomic E-state index is 6.37. The zero-order valence-electron chi connectivity index (χ0n) is 20.2. The zero-order chi connectivity index (χ0) is 23.0. The van der Waals surface area contributed by atoms with E-state index in [0.717, 1.165) is 16.2 Å². The molecule has 0 fully saturated rings. The molecule has 0 bridgehead atoms. The lowest BCUT2D eigenvalue weighted by Crippen LogP contribution is -2.27. The number of benzene rings is 3. The van der Waals surface area contributed by atoms with Crippen molar-refractivity contribution in [3.8, 4) is 5.88 Å². The van der Waals surface area contributed by atoms with Gasteiger partial charge in [-0.15, -0.1) is 0 Å². The molecule has 1 aromatic heterocycles. The molecule has 1 heterocycles. The average molecular weight is 442 g/mol. The average Bonchev–Trinajstić information content (AvgIpc) is 2.65. The van der Waals surface area contributed by atoms with Gasteiger partial charge in [0.25, 0.3) is 0 Å². The minimum Gasteiger partial charge on any atom is -0.471 e. The fourth-order valence-electron chi connectivity index (χ4n) is 4.21. The van der Waals surface area contributed by atoms with Gasteiger partial charge in [0.05, 0.1) is 5.44 Å². The van der Waals surface area contributed by atoms with Gasteiger partial charge < -0.3 is 4.74 Å².